The first-order valence-electron chi connectivity index (χ1n) is 14.5. The quantitative estimate of drug-likeness (QED) is 0.0629. The van der Waals surface area contributed by atoms with E-state index >= 15 is 0 Å². The number of nitrogens with two attached hydrogens (primary N) is 2. The van der Waals surface area contributed by atoms with Gasteiger partial charge in [-0.3, -0.25) is 33.3 Å². The molecule has 0 radical (unpaired) electrons. The van der Waals surface area contributed by atoms with Crippen molar-refractivity contribution >= 4 is 57.8 Å². The highest BCUT2D eigenvalue weighted by Crippen LogP contribution is 2.63. The molecular formula is C23H27N8O18P3-2. The molecule has 3 aromatic rings. The number of allylic oxidation sites excluding steroid dienone is 1. The van der Waals surface area contributed by atoms with Crippen LogP contribution in [0.25, 0.3) is 16.6 Å². The van der Waals surface area contributed by atoms with E-state index in [0.29, 0.717) is 0 Å². The van der Waals surface area contributed by atoms with Crippen LogP contribution in [0.15, 0.2) is 21.9 Å². The number of nitrogens with one attached hydrogen (secondary N) is 2. The Balaban J connectivity index is 1.03. The SMILES string of the molecule is CC1=[C+]N([C@@H]2O[C@H](COP(=O)([O-])OP(=O)([O-])OP(=O)([O-])OC[C@H]3O[C@@H](n4ccc5c(=O)[nH]c(N)nc54)C(O)[C@H]3O)C(O)C2O)c2nc(N)[nH]c(=O)c21. The standard InChI is InChI=1S/C23H29N8O18P3/c1-7-4-31(17-11(7)19(37)29-23(25)27-17)21-15(35)13(33)10(47-21)6-45-51(40,41)49-52(42,43)48-50(38,39)44-5-9-12(32)14(34)20(46-9)30-3-2-8-16(30)26-22(24)28-18(8)36/h2-3,9-10,12-15,20-21,32-35H,5-6H2,1H3,(H8-,24,25,26,27,28,29,36,37,38,39,40,41,42,43)/p-2/t9-,10-,12+,13?,14?,15?,20-,21-/m1/s1. The molecule has 284 valence electrons. The number of anilines is 3. The van der Waals surface area contributed by atoms with Crippen molar-refractivity contribution in [2.24, 2.45) is 0 Å². The average molecular weight is 796 g/mol. The lowest BCUT2D eigenvalue weighted by molar-refractivity contribution is -0.252. The third-order valence-corrected chi connectivity index (χ3v) is 11.9. The zero-order valence-electron chi connectivity index (χ0n) is 26.0. The highest BCUT2D eigenvalue weighted by molar-refractivity contribution is 7.65. The Hall–Kier alpha value is -3.48. The fourth-order valence-electron chi connectivity index (χ4n) is 5.54. The van der Waals surface area contributed by atoms with E-state index in [9.17, 15) is 58.4 Å². The Morgan fingerprint density at radius 1 is 0.846 bits per heavy atom. The Bertz CT molecular complexity index is 2180. The maximum atomic E-state index is 12.3. The van der Waals surface area contributed by atoms with Crippen molar-refractivity contribution in [1.82, 2.24) is 24.5 Å². The minimum atomic E-state index is -6.37. The second-order valence-corrected chi connectivity index (χ2v) is 15.9. The number of phosphoric ester groups is 2. The first-order chi connectivity index (χ1) is 24.2. The van der Waals surface area contributed by atoms with Crippen molar-refractivity contribution in [3.8, 4) is 0 Å². The van der Waals surface area contributed by atoms with Crippen LogP contribution < -0.4 is 42.2 Å². The average Bonchev–Trinajstić information content (AvgIpc) is 3.74. The number of phosphoric acid groups is 3. The van der Waals surface area contributed by atoms with E-state index in [-0.39, 0.29) is 39.9 Å². The molecule has 29 heteroatoms. The summed E-state index contributed by atoms with van der Waals surface area (Å²) >= 11 is 0. The van der Waals surface area contributed by atoms with E-state index in [1.807, 2.05) is 0 Å². The van der Waals surface area contributed by atoms with Crippen molar-refractivity contribution in [2.75, 3.05) is 29.6 Å². The Morgan fingerprint density at radius 3 is 1.96 bits per heavy atom. The predicted octanol–water partition coefficient (Wildman–Crippen LogP) is -4.81. The Kier molecular flexibility index (Phi) is 10.1. The minimum absolute atomic E-state index is 0.0178. The summed E-state index contributed by atoms with van der Waals surface area (Å²) in [6, 6.07) is 1.30. The zero-order chi connectivity index (χ0) is 38.1. The molecule has 3 aromatic heterocycles. The molecule has 6 heterocycles. The zero-order valence-corrected chi connectivity index (χ0v) is 28.7. The Morgan fingerprint density at radius 2 is 1.37 bits per heavy atom. The van der Waals surface area contributed by atoms with E-state index in [2.05, 4.69) is 43.8 Å². The predicted molar refractivity (Wildman–Crippen MR) is 162 cm³/mol. The molecular weight excluding hydrogens is 769 g/mol. The monoisotopic (exact) mass is 796 g/mol. The third kappa shape index (κ3) is 7.48. The number of H-pyrrole nitrogens is 2. The van der Waals surface area contributed by atoms with Gasteiger partial charge in [0.05, 0.1) is 18.6 Å². The van der Waals surface area contributed by atoms with Crippen molar-refractivity contribution in [1.29, 1.82) is 0 Å². The molecule has 2 fully saturated rings. The maximum absolute atomic E-state index is 12.3. The van der Waals surface area contributed by atoms with Gasteiger partial charge in [-0.1, -0.05) is 0 Å². The van der Waals surface area contributed by atoms with Crippen LogP contribution >= 0.6 is 23.5 Å². The molecule has 0 spiro atoms. The van der Waals surface area contributed by atoms with E-state index in [0.717, 1.165) is 9.47 Å². The van der Waals surface area contributed by atoms with E-state index in [4.69, 9.17) is 20.9 Å². The molecule has 0 amide bonds. The van der Waals surface area contributed by atoms with Crippen LogP contribution in [0.5, 0.6) is 0 Å². The second-order valence-electron chi connectivity index (χ2n) is 11.4. The molecule has 3 aliphatic heterocycles. The van der Waals surface area contributed by atoms with E-state index < -0.39 is 96.9 Å². The van der Waals surface area contributed by atoms with Gasteiger partial charge in [-0.15, -0.1) is 9.88 Å². The molecule has 52 heavy (non-hydrogen) atoms. The van der Waals surface area contributed by atoms with Gasteiger partial charge in [-0.05, 0) is 13.0 Å². The molecule has 2 saturated heterocycles. The number of nitrogens with zero attached hydrogens (tertiary/aromatic N) is 4. The van der Waals surface area contributed by atoms with Gasteiger partial charge in [0.15, 0.2) is 23.7 Å². The number of ether oxygens (including phenoxy) is 2. The fourth-order valence-corrected chi connectivity index (χ4v) is 8.93. The lowest BCUT2D eigenvalue weighted by atomic mass is 10.1. The van der Waals surface area contributed by atoms with Crippen LogP contribution in [0.3, 0.4) is 0 Å². The van der Waals surface area contributed by atoms with Gasteiger partial charge in [0.25, 0.3) is 29.0 Å². The summed E-state index contributed by atoms with van der Waals surface area (Å²) in [5.41, 5.74) is 10.1. The number of hydrogen-bond acceptors (Lipinski definition) is 23. The van der Waals surface area contributed by atoms with E-state index in [1.54, 1.807) is 0 Å². The normalized spacial score (nSPS) is 30.8. The van der Waals surface area contributed by atoms with Crippen LogP contribution in [0.2, 0.25) is 0 Å². The highest BCUT2D eigenvalue weighted by atomic mass is 31.3. The molecule has 6 unspecified atom stereocenters. The van der Waals surface area contributed by atoms with Crippen LogP contribution in [-0.2, 0) is 40.8 Å². The van der Waals surface area contributed by atoms with Crippen LogP contribution in [-0.4, -0.2) is 101 Å². The Labute approximate surface area is 288 Å². The maximum Gasteiger partial charge on any atom is 0.332 e. The molecule has 10 N–H and O–H groups in total. The lowest BCUT2D eigenvalue weighted by Crippen LogP contribution is -2.42. The number of nitrogen functional groups attached to an aromatic ring is 2. The molecule has 26 nitrogen and oxygen atoms in total. The molecule has 6 rings (SSSR count). The van der Waals surface area contributed by atoms with Crippen molar-refractivity contribution in [3.63, 3.8) is 0 Å². The summed E-state index contributed by atoms with van der Waals surface area (Å²) in [5, 5.41) is 42.0. The molecule has 3 aliphatic rings. The van der Waals surface area contributed by atoms with Crippen molar-refractivity contribution < 1.29 is 75.9 Å². The largest absolute Gasteiger partial charge is 0.756 e. The summed E-state index contributed by atoms with van der Waals surface area (Å²) in [6.45, 7) is -0.896. The first kappa shape index (κ1) is 38.3. The van der Waals surface area contributed by atoms with Gasteiger partial charge < -0.3 is 69.7 Å². The van der Waals surface area contributed by atoms with Crippen LogP contribution in [0.4, 0.5) is 17.7 Å². The number of fused-ring (bicyclic) bond motifs is 2. The lowest BCUT2D eigenvalue weighted by Gasteiger charge is -2.34. The summed E-state index contributed by atoms with van der Waals surface area (Å²) in [7, 11) is -18.4. The number of aromatic amines is 2. The number of aromatic nitrogens is 5. The molecule has 0 saturated carbocycles. The molecule has 0 bridgehead atoms. The molecule has 11 atom stereocenters. The van der Waals surface area contributed by atoms with Gasteiger partial charge in [-0.25, -0.2) is 8.62 Å². The minimum Gasteiger partial charge on any atom is -0.756 e. The molecule has 0 aromatic carbocycles. The summed E-state index contributed by atoms with van der Waals surface area (Å²) < 4.78 is 65.3. The van der Waals surface area contributed by atoms with E-state index in [1.165, 1.54) is 19.2 Å². The number of hydrogen-bond donors (Lipinski definition) is 8. The second kappa shape index (κ2) is 13.7. The molecule has 0 aliphatic carbocycles. The topological polar surface area (TPSA) is 408 Å². The number of rotatable bonds is 12. The van der Waals surface area contributed by atoms with Gasteiger partial charge >= 0.3 is 11.4 Å². The first-order valence-corrected chi connectivity index (χ1v) is 18.9. The fraction of sp³-hybridized carbons (Fsp3) is 0.478. The van der Waals surface area contributed by atoms with Crippen LogP contribution in [0.1, 0.15) is 18.7 Å². The van der Waals surface area contributed by atoms with Crippen molar-refractivity contribution in [3.05, 3.63) is 44.7 Å². The smallest absolute Gasteiger partial charge is 0.332 e. The van der Waals surface area contributed by atoms with Gasteiger partial charge in [0.1, 0.15) is 42.8 Å². The summed E-state index contributed by atoms with van der Waals surface area (Å²) in [5.74, 6) is -0.700. The number of aliphatic hydroxyl groups is 4. The van der Waals surface area contributed by atoms with Crippen LogP contribution in [0, 0.1) is 6.20 Å². The highest BCUT2D eigenvalue weighted by Gasteiger charge is 2.52. The van der Waals surface area contributed by atoms with Gasteiger partial charge in [0.2, 0.25) is 17.5 Å². The number of aliphatic hydroxyl groups excluding tert-OH is 4. The third-order valence-electron chi connectivity index (χ3n) is 7.81. The summed E-state index contributed by atoms with van der Waals surface area (Å²) in [6.07, 6.45) is -9.69. The van der Waals surface area contributed by atoms with Gasteiger partial charge in [-0.2, -0.15) is 4.98 Å². The van der Waals surface area contributed by atoms with Gasteiger partial charge in [0, 0.05) is 6.20 Å². The van der Waals surface area contributed by atoms with Crippen molar-refractivity contribution in [2.45, 2.75) is 56.0 Å². The summed E-state index contributed by atoms with van der Waals surface area (Å²) in [4.78, 5) is 74.7.